The first-order valence-electron chi connectivity index (χ1n) is 6.31. The zero-order valence-electron chi connectivity index (χ0n) is 11.4. The summed E-state index contributed by atoms with van der Waals surface area (Å²) in [5, 5.41) is 12.1. The summed E-state index contributed by atoms with van der Waals surface area (Å²) in [5.41, 5.74) is 0.883. The van der Waals surface area contributed by atoms with Gasteiger partial charge in [0.15, 0.2) is 0 Å². The van der Waals surface area contributed by atoms with E-state index in [2.05, 4.69) is 9.97 Å². The molecule has 0 spiro atoms. The van der Waals surface area contributed by atoms with Gasteiger partial charge < -0.3 is 10.1 Å². The summed E-state index contributed by atoms with van der Waals surface area (Å²) in [6, 6.07) is 6.76. The Balaban J connectivity index is 2.23. The van der Waals surface area contributed by atoms with Crippen molar-refractivity contribution in [3.8, 4) is 5.75 Å². The van der Waals surface area contributed by atoms with E-state index in [-0.39, 0.29) is 15.7 Å². The summed E-state index contributed by atoms with van der Waals surface area (Å²) in [5.74, 6) is -0.171. The zero-order valence-corrected chi connectivity index (χ0v) is 13.7. The molecule has 0 saturated heterocycles. The first kappa shape index (κ1) is 15.2. The normalized spacial score (nSPS) is 11.0. The number of aromatic hydroxyl groups is 1. The lowest BCUT2D eigenvalue weighted by molar-refractivity contribution is 0.467. The smallest absolute Gasteiger partial charge is 0.266 e. The van der Waals surface area contributed by atoms with Crippen LogP contribution in [0.4, 0.5) is 0 Å². The van der Waals surface area contributed by atoms with E-state index >= 15 is 0 Å². The molecule has 2 N–H and O–H groups in total. The van der Waals surface area contributed by atoms with E-state index in [1.54, 1.807) is 12.3 Å². The van der Waals surface area contributed by atoms with Crippen LogP contribution in [0.2, 0.25) is 10.0 Å². The summed E-state index contributed by atoms with van der Waals surface area (Å²) in [6.07, 6.45) is 1.63. The SMILES string of the molecule is Cc1cccnc1Sc1c(O)c2c(Cl)cc(Cl)cc2[nH]c1=O. The number of nitrogens with zero attached hydrogens (tertiary/aromatic N) is 1. The van der Waals surface area contributed by atoms with Gasteiger partial charge >= 0.3 is 0 Å². The van der Waals surface area contributed by atoms with Crippen LogP contribution in [0.3, 0.4) is 0 Å². The summed E-state index contributed by atoms with van der Waals surface area (Å²) in [7, 11) is 0. The summed E-state index contributed by atoms with van der Waals surface area (Å²) >= 11 is 13.1. The number of aromatic amines is 1. The van der Waals surface area contributed by atoms with E-state index in [4.69, 9.17) is 23.2 Å². The first-order chi connectivity index (χ1) is 10.5. The Bertz CT molecular complexity index is 941. The number of aryl methyl sites for hydroxylation is 1. The fourth-order valence-electron chi connectivity index (χ4n) is 2.08. The fourth-order valence-corrected chi connectivity index (χ4v) is 3.54. The largest absolute Gasteiger partial charge is 0.506 e. The second-order valence-corrected chi connectivity index (χ2v) is 6.51. The van der Waals surface area contributed by atoms with E-state index in [9.17, 15) is 9.90 Å². The van der Waals surface area contributed by atoms with Crippen LogP contribution in [-0.4, -0.2) is 15.1 Å². The van der Waals surface area contributed by atoms with Gasteiger partial charge in [0.2, 0.25) is 0 Å². The fraction of sp³-hybridized carbons (Fsp3) is 0.0667. The highest BCUT2D eigenvalue weighted by Crippen LogP contribution is 2.39. The van der Waals surface area contributed by atoms with Gasteiger partial charge in [-0.2, -0.15) is 0 Å². The standard InChI is InChI=1S/C15H10Cl2N2O2S/c1-7-3-2-4-18-15(7)22-13-12(20)11-9(17)5-8(16)6-10(11)19-14(13)21/h2-6H,1H3,(H2,19,20,21). The predicted molar refractivity (Wildman–Crippen MR) is 89.4 cm³/mol. The molecule has 0 unspecified atom stereocenters. The predicted octanol–water partition coefficient (Wildman–Crippen LogP) is 4.40. The number of fused-ring (bicyclic) bond motifs is 1. The molecule has 2 heterocycles. The van der Waals surface area contributed by atoms with Crippen molar-refractivity contribution in [2.75, 3.05) is 0 Å². The topological polar surface area (TPSA) is 66.0 Å². The van der Waals surface area contributed by atoms with E-state index < -0.39 is 5.56 Å². The maximum Gasteiger partial charge on any atom is 0.266 e. The molecule has 0 radical (unpaired) electrons. The molecule has 0 aliphatic carbocycles. The van der Waals surface area contributed by atoms with E-state index in [1.165, 1.54) is 6.07 Å². The van der Waals surface area contributed by atoms with Crippen molar-refractivity contribution < 1.29 is 5.11 Å². The Morgan fingerprint density at radius 1 is 1.32 bits per heavy atom. The molecule has 3 aromatic rings. The van der Waals surface area contributed by atoms with Crippen LogP contribution >= 0.6 is 35.0 Å². The van der Waals surface area contributed by atoms with Gasteiger partial charge in [0.05, 0.1) is 15.9 Å². The Morgan fingerprint density at radius 2 is 2.09 bits per heavy atom. The van der Waals surface area contributed by atoms with Crippen LogP contribution < -0.4 is 5.56 Å². The van der Waals surface area contributed by atoms with Gasteiger partial charge in [-0.3, -0.25) is 4.79 Å². The van der Waals surface area contributed by atoms with Crippen LogP contribution in [0.15, 0.2) is 45.2 Å². The van der Waals surface area contributed by atoms with Crippen LogP contribution in [0.25, 0.3) is 10.9 Å². The molecule has 0 aliphatic rings. The lowest BCUT2D eigenvalue weighted by Gasteiger charge is -2.09. The van der Waals surface area contributed by atoms with Gasteiger partial charge in [0.1, 0.15) is 15.7 Å². The third-order valence-electron chi connectivity index (χ3n) is 3.12. The third-order valence-corrected chi connectivity index (χ3v) is 4.84. The minimum Gasteiger partial charge on any atom is -0.506 e. The van der Waals surface area contributed by atoms with Gasteiger partial charge in [0.25, 0.3) is 5.56 Å². The maximum absolute atomic E-state index is 12.2. The molecule has 0 fully saturated rings. The van der Waals surface area contributed by atoms with E-state index in [1.807, 2.05) is 19.1 Å². The number of H-pyrrole nitrogens is 1. The number of hydrogen-bond donors (Lipinski definition) is 2. The average molecular weight is 353 g/mol. The van der Waals surface area contributed by atoms with E-state index in [0.29, 0.717) is 21.0 Å². The van der Waals surface area contributed by atoms with Gasteiger partial charge in [-0.1, -0.05) is 41.0 Å². The van der Waals surface area contributed by atoms with Crippen molar-refractivity contribution >= 4 is 45.9 Å². The van der Waals surface area contributed by atoms with Gasteiger partial charge in [-0.15, -0.1) is 0 Å². The average Bonchev–Trinajstić information content (AvgIpc) is 2.44. The number of pyridine rings is 2. The first-order valence-corrected chi connectivity index (χ1v) is 7.88. The van der Waals surface area contributed by atoms with Crippen molar-refractivity contribution in [3.63, 3.8) is 0 Å². The lowest BCUT2D eigenvalue weighted by atomic mass is 10.2. The monoisotopic (exact) mass is 352 g/mol. The van der Waals surface area contributed by atoms with Crippen LogP contribution in [0.1, 0.15) is 5.56 Å². The molecule has 22 heavy (non-hydrogen) atoms. The van der Waals surface area contributed by atoms with Crippen molar-refractivity contribution in [2.24, 2.45) is 0 Å². The Labute approximate surface area is 140 Å². The molecule has 2 aromatic heterocycles. The second-order valence-electron chi connectivity index (χ2n) is 4.67. The highest BCUT2D eigenvalue weighted by Gasteiger charge is 2.17. The number of benzene rings is 1. The number of halogens is 2. The molecule has 0 saturated carbocycles. The number of hydrogen-bond acceptors (Lipinski definition) is 4. The third kappa shape index (κ3) is 2.67. The summed E-state index contributed by atoms with van der Waals surface area (Å²) in [6.45, 7) is 1.88. The van der Waals surface area contributed by atoms with Gasteiger partial charge in [0, 0.05) is 11.2 Å². The zero-order chi connectivity index (χ0) is 15.9. The Kier molecular flexibility index (Phi) is 4.04. The number of rotatable bonds is 2. The van der Waals surface area contributed by atoms with Gasteiger partial charge in [-0.05, 0) is 30.7 Å². The lowest BCUT2D eigenvalue weighted by Crippen LogP contribution is -2.09. The Hall–Kier alpha value is -1.69. The maximum atomic E-state index is 12.2. The van der Waals surface area contributed by atoms with Crippen molar-refractivity contribution in [1.29, 1.82) is 0 Å². The molecular weight excluding hydrogens is 343 g/mol. The molecule has 4 nitrogen and oxygen atoms in total. The van der Waals surface area contributed by atoms with Crippen LogP contribution in [0, 0.1) is 6.92 Å². The summed E-state index contributed by atoms with van der Waals surface area (Å²) < 4.78 is 0. The Morgan fingerprint density at radius 3 is 2.82 bits per heavy atom. The molecular formula is C15H10Cl2N2O2S. The number of nitrogens with one attached hydrogen (secondary N) is 1. The highest BCUT2D eigenvalue weighted by molar-refractivity contribution is 7.99. The second kappa shape index (κ2) is 5.83. The van der Waals surface area contributed by atoms with Crippen LogP contribution in [0.5, 0.6) is 5.75 Å². The number of aromatic nitrogens is 2. The summed E-state index contributed by atoms with van der Waals surface area (Å²) in [4.78, 5) is 19.3. The molecule has 7 heteroatoms. The highest BCUT2D eigenvalue weighted by atomic mass is 35.5. The van der Waals surface area contributed by atoms with E-state index in [0.717, 1.165) is 17.3 Å². The van der Waals surface area contributed by atoms with Crippen molar-refractivity contribution in [3.05, 3.63) is 56.4 Å². The molecule has 0 atom stereocenters. The molecule has 3 rings (SSSR count). The molecule has 0 aliphatic heterocycles. The molecule has 0 bridgehead atoms. The van der Waals surface area contributed by atoms with Crippen molar-refractivity contribution in [2.45, 2.75) is 16.8 Å². The molecule has 1 aromatic carbocycles. The van der Waals surface area contributed by atoms with Crippen molar-refractivity contribution in [1.82, 2.24) is 9.97 Å². The molecule has 112 valence electrons. The minimum atomic E-state index is -0.418. The minimum absolute atomic E-state index is 0.151. The van der Waals surface area contributed by atoms with Gasteiger partial charge in [-0.25, -0.2) is 4.98 Å². The van der Waals surface area contributed by atoms with Crippen LogP contribution in [-0.2, 0) is 0 Å². The quantitative estimate of drug-likeness (QED) is 0.717. The molecule has 0 amide bonds.